The van der Waals surface area contributed by atoms with Gasteiger partial charge in [-0.2, -0.15) is 0 Å². The molecule has 2 N–H and O–H groups in total. The van der Waals surface area contributed by atoms with Gasteiger partial charge in [-0.15, -0.1) is 0 Å². The molecule has 0 spiro atoms. The van der Waals surface area contributed by atoms with Gasteiger partial charge in [0.25, 0.3) is 0 Å². The van der Waals surface area contributed by atoms with Crippen molar-refractivity contribution in [1.29, 1.82) is 0 Å². The summed E-state index contributed by atoms with van der Waals surface area (Å²) >= 11 is 12.0. The molecule has 0 aliphatic rings. The fourth-order valence-corrected chi connectivity index (χ4v) is 3.31. The quantitative estimate of drug-likeness (QED) is 0.371. The molecule has 0 saturated heterocycles. The van der Waals surface area contributed by atoms with Crippen LogP contribution in [-0.4, -0.2) is 32.7 Å². The van der Waals surface area contributed by atoms with E-state index in [4.69, 9.17) is 23.2 Å². The first-order valence-electron chi connectivity index (χ1n) is 9.41. The summed E-state index contributed by atoms with van der Waals surface area (Å²) < 4.78 is 0. The van der Waals surface area contributed by atoms with Crippen molar-refractivity contribution in [2.75, 3.05) is 16.8 Å². The number of benzene rings is 2. The zero-order valence-corrected chi connectivity index (χ0v) is 17.9. The molecule has 0 saturated carbocycles. The Kier molecular flexibility index (Phi) is 5.88. The van der Waals surface area contributed by atoms with Gasteiger partial charge in [0, 0.05) is 33.9 Å². The summed E-state index contributed by atoms with van der Waals surface area (Å²) in [6, 6.07) is 16.0. The second-order valence-electron chi connectivity index (χ2n) is 6.62. The number of halogens is 2. The lowest BCUT2D eigenvalue weighted by Gasteiger charge is -2.18. The van der Waals surface area contributed by atoms with Crippen molar-refractivity contribution in [3.63, 3.8) is 0 Å². The molecule has 0 unspecified atom stereocenters. The van der Waals surface area contributed by atoms with Gasteiger partial charge in [-0.1, -0.05) is 35.3 Å². The Morgan fingerprint density at radius 2 is 1.68 bits per heavy atom. The van der Waals surface area contributed by atoms with Crippen LogP contribution in [0.15, 0.2) is 60.8 Å². The van der Waals surface area contributed by atoms with E-state index >= 15 is 0 Å². The number of aromatic nitrogens is 3. The van der Waals surface area contributed by atoms with Crippen molar-refractivity contribution < 1.29 is 9.90 Å². The highest BCUT2D eigenvalue weighted by Gasteiger charge is 2.18. The van der Waals surface area contributed by atoms with Gasteiger partial charge in [-0.25, -0.2) is 19.7 Å². The number of nitrogens with zero attached hydrogens (tertiary/aromatic N) is 4. The van der Waals surface area contributed by atoms with Crippen LogP contribution in [0.5, 0.6) is 0 Å². The van der Waals surface area contributed by atoms with E-state index < -0.39 is 6.09 Å². The first-order valence-corrected chi connectivity index (χ1v) is 10.2. The van der Waals surface area contributed by atoms with Gasteiger partial charge >= 0.3 is 6.09 Å². The number of amides is 1. The average molecular weight is 454 g/mol. The topological polar surface area (TPSA) is 91.2 Å². The maximum atomic E-state index is 11.7. The Morgan fingerprint density at radius 1 is 1.03 bits per heavy atom. The Bertz CT molecular complexity index is 1250. The van der Waals surface area contributed by atoms with E-state index in [1.165, 1.54) is 0 Å². The molecular weight excluding hydrogens is 437 g/mol. The predicted octanol–water partition coefficient (Wildman–Crippen LogP) is 6.25. The van der Waals surface area contributed by atoms with Crippen LogP contribution in [0.4, 0.5) is 22.0 Å². The van der Waals surface area contributed by atoms with Gasteiger partial charge in [0.2, 0.25) is 0 Å². The van der Waals surface area contributed by atoms with Crippen LogP contribution in [0.25, 0.3) is 22.4 Å². The molecule has 0 aliphatic heterocycles. The van der Waals surface area contributed by atoms with E-state index in [9.17, 15) is 9.90 Å². The monoisotopic (exact) mass is 453 g/mol. The summed E-state index contributed by atoms with van der Waals surface area (Å²) in [5.41, 5.74) is 3.61. The van der Waals surface area contributed by atoms with Gasteiger partial charge in [-0.3, -0.25) is 4.90 Å². The molecule has 2 aromatic carbocycles. The normalized spacial score (nSPS) is 10.8. The molecule has 2 aromatic heterocycles. The molecule has 0 aliphatic carbocycles. The zero-order chi connectivity index (χ0) is 22.0. The SMILES string of the molecule is CCN(C(=O)O)c1cc(Nc2ccc(Cl)cc2)c2ncc(-c3ccc(Cl)cc3)nc2n1. The molecule has 31 heavy (non-hydrogen) atoms. The van der Waals surface area contributed by atoms with Crippen molar-refractivity contribution in [3.05, 3.63) is 70.8 Å². The van der Waals surface area contributed by atoms with Crippen LogP contribution in [0.3, 0.4) is 0 Å². The number of nitrogens with one attached hydrogen (secondary N) is 1. The highest BCUT2D eigenvalue weighted by atomic mass is 35.5. The molecule has 156 valence electrons. The summed E-state index contributed by atoms with van der Waals surface area (Å²) in [6.07, 6.45) is 0.544. The standard InChI is InChI=1S/C22H17Cl2N5O2/c1-2-29(22(30)31)19-11-17(26-16-9-7-15(24)8-10-16)20-21(28-19)27-18(12-25-20)13-3-5-14(23)6-4-13/h3-12H,2H2,1H3,(H,30,31)(H,26,27,28). The van der Waals surface area contributed by atoms with Gasteiger partial charge in [0.05, 0.1) is 17.6 Å². The molecule has 2 heterocycles. The van der Waals surface area contributed by atoms with Crippen molar-refractivity contribution in [2.45, 2.75) is 6.92 Å². The third kappa shape index (κ3) is 4.52. The number of fused-ring (bicyclic) bond motifs is 1. The van der Waals surface area contributed by atoms with E-state index in [-0.39, 0.29) is 12.4 Å². The lowest BCUT2D eigenvalue weighted by atomic mass is 10.1. The minimum atomic E-state index is -1.10. The Hall–Kier alpha value is -3.42. The average Bonchev–Trinajstić information content (AvgIpc) is 2.76. The third-order valence-corrected chi connectivity index (χ3v) is 5.09. The molecule has 4 rings (SSSR count). The number of hydrogen-bond donors (Lipinski definition) is 2. The molecule has 0 bridgehead atoms. The summed E-state index contributed by atoms with van der Waals surface area (Å²) in [5, 5.41) is 14.1. The van der Waals surface area contributed by atoms with E-state index in [0.717, 1.165) is 16.2 Å². The molecule has 4 aromatic rings. The Morgan fingerprint density at radius 3 is 2.29 bits per heavy atom. The van der Waals surface area contributed by atoms with Gasteiger partial charge < -0.3 is 10.4 Å². The minimum absolute atomic E-state index is 0.235. The lowest BCUT2D eigenvalue weighted by molar-refractivity contribution is 0.202. The van der Waals surface area contributed by atoms with Crippen LogP contribution in [0, 0.1) is 0 Å². The first kappa shape index (κ1) is 20.8. The Labute approximate surface area is 188 Å². The number of pyridine rings is 1. The fourth-order valence-electron chi connectivity index (χ4n) is 3.06. The van der Waals surface area contributed by atoms with E-state index in [2.05, 4.69) is 20.3 Å². The van der Waals surface area contributed by atoms with Crippen molar-refractivity contribution in [2.24, 2.45) is 0 Å². The lowest BCUT2D eigenvalue weighted by Crippen LogP contribution is -2.29. The largest absolute Gasteiger partial charge is 0.465 e. The number of hydrogen-bond acceptors (Lipinski definition) is 5. The zero-order valence-electron chi connectivity index (χ0n) is 16.4. The first-order chi connectivity index (χ1) is 14.9. The number of anilines is 3. The third-order valence-electron chi connectivity index (χ3n) is 4.59. The van der Waals surface area contributed by atoms with Crippen LogP contribution in [0.2, 0.25) is 10.0 Å². The van der Waals surface area contributed by atoms with Crippen LogP contribution in [0.1, 0.15) is 6.92 Å². The van der Waals surface area contributed by atoms with Crippen molar-refractivity contribution in [1.82, 2.24) is 15.0 Å². The molecule has 0 atom stereocenters. The minimum Gasteiger partial charge on any atom is -0.465 e. The second kappa shape index (κ2) is 8.75. The molecule has 0 fully saturated rings. The van der Waals surface area contributed by atoms with Crippen LogP contribution < -0.4 is 10.2 Å². The van der Waals surface area contributed by atoms with Gasteiger partial charge in [0.1, 0.15) is 11.3 Å². The molecule has 9 heteroatoms. The number of carboxylic acid groups (broad SMARTS) is 1. The molecule has 7 nitrogen and oxygen atoms in total. The maximum absolute atomic E-state index is 11.7. The maximum Gasteiger partial charge on any atom is 0.413 e. The van der Waals surface area contributed by atoms with Crippen molar-refractivity contribution >= 4 is 57.7 Å². The van der Waals surface area contributed by atoms with Crippen molar-refractivity contribution in [3.8, 4) is 11.3 Å². The second-order valence-corrected chi connectivity index (χ2v) is 7.49. The smallest absolute Gasteiger partial charge is 0.413 e. The summed E-state index contributed by atoms with van der Waals surface area (Å²) in [5.74, 6) is 0.251. The van der Waals surface area contributed by atoms with Crippen LogP contribution >= 0.6 is 23.2 Å². The molecule has 1 amide bonds. The van der Waals surface area contributed by atoms with E-state index in [0.29, 0.717) is 32.6 Å². The highest BCUT2D eigenvalue weighted by Crippen LogP contribution is 2.30. The van der Waals surface area contributed by atoms with Crippen LogP contribution in [-0.2, 0) is 0 Å². The molecular formula is C22H17Cl2N5O2. The summed E-state index contributed by atoms with van der Waals surface area (Å²) in [7, 11) is 0. The van der Waals surface area contributed by atoms with E-state index in [1.807, 2.05) is 24.3 Å². The Balaban J connectivity index is 1.86. The number of rotatable bonds is 5. The highest BCUT2D eigenvalue weighted by molar-refractivity contribution is 6.30. The number of carbonyl (C=O) groups is 1. The van der Waals surface area contributed by atoms with Gasteiger partial charge in [-0.05, 0) is 43.3 Å². The van der Waals surface area contributed by atoms with E-state index in [1.54, 1.807) is 43.5 Å². The molecule has 0 radical (unpaired) electrons. The predicted molar refractivity (Wildman–Crippen MR) is 124 cm³/mol. The van der Waals surface area contributed by atoms with Gasteiger partial charge in [0.15, 0.2) is 5.65 Å². The fraction of sp³-hybridized carbons (Fsp3) is 0.0909. The summed E-state index contributed by atoms with van der Waals surface area (Å²) in [6.45, 7) is 1.97. The summed E-state index contributed by atoms with van der Waals surface area (Å²) in [4.78, 5) is 26.5.